The summed E-state index contributed by atoms with van der Waals surface area (Å²) in [6.07, 6.45) is 3.82. The van der Waals surface area contributed by atoms with Crippen molar-refractivity contribution in [1.82, 2.24) is 24.0 Å². The van der Waals surface area contributed by atoms with Gasteiger partial charge in [0.05, 0.1) is 12.3 Å². The van der Waals surface area contributed by atoms with Crippen LogP contribution >= 0.6 is 0 Å². The molecule has 2 aromatic heterocycles. The SMILES string of the molecule is CC(C)(/C=C(/C#N)C(=O)N1CCC(n2c(=O)n(-c3ccc(Oc4ccccc4)cc3)c3c(N)ncnc32)CC1)CO. The number of nitrogen functional groups attached to an aromatic ring is 1. The maximum absolute atomic E-state index is 13.9. The summed E-state index contributed by atoms with van der Waals surface area (Å²) >= 11 is 0. The number of hydrogen-bond donors (Lipinski definition) is 2. The number of nitriles is 1. The first-order valence-electron chi connectivity index (χ1n) is 13.3. The highest BCUT2D eigenvalue weighted by Crippen LogP contribution is 2.30. The number of nitrogens with zero attached hydrogens (tertiary/aromatic N) is 6. The summed E-state index contributed by atoms with van der Waals surface area (Å²) in [6.45, 7) is 4.03. The minimum atomic E-state index is -0.695. The van der Waals surface area contributed by atoms with Gasteiger partial charge >= 0.3 is 5.69 Å². The van der Waals surface area contributed by atoms with E-state index in [1.807, 2.05) is 36.4 Å². The zero-order valence-electron chi connectivity index (χ0n) is 22.9. The van der Waals surface area contributed by atoms with E-state index in [0.29, 0.717) is 54.3 Å². The fourth-order valence-electron chi connectivity index (χ4n) is 5.00. The summed E-state index contributed by atoms with van der Waals surface area (Å²) in [7, 11) is 0. The van der Waals surface area contributed by atoms with Gasteiger partial charge in [-0.25, -0.2) is 14.8 Å². The van der Waals surface area contributed by atoms with E-state index >= 15 is 0 Å². The number of rotatable bonds is 7. The molecule has 4 aromatic rings. The van der Waals surface area contributed by atoms with Crippen molar-refractivity contribution in [1.29, 1.82) is 5.26 Å². The molecule has 2 aromatic carbocycles. The molecule has 41 heavy (non-hydrogen) atoms. The molecule has 0 saturated carbocycles. The van der Waals surface area contributed by atoms with Gasteiger partial charge in [-0.1, -0.05) is 38.1 Å². The molecule has 0 radical (unpaired) electrons. The smallest absolute Gasteiger partial charge is 0.335 e. The number of piperidine rings is 1. The second kappa shape index (κ2) is 11.3. The lowest BCUT2D eigenvalue weighted by atomic mass is 9.91. The first-order chi connectivity index (χ1) is 19.7. The summed E-state index contributed by atoms with van der Waals surface area (Å²) in [5.41, 5.74) is 6.66. The monoisotopic (exact) mass is 553 g/mol. The predicted molar refractivity (Wildman–Crippen MR) is 153 cm³/mol. The summed E-state index contributed by atoms with van der Waals surface area (Å²) < 4.78 is 9.01. The molecule has 0 atom stereocenters. The van der Waals surface area contributed by atoms with E-state index in [0.717, 1.165) is 0 Å². The highest BCUT2D eigenvalue weighted by molar-refractivity contribution is 5.97. The Bertz CT molecular complexity index is 1690. The lowest BCUT2D eigenvalue weighted by Gasteiger charge is -2.32. The third-order valence-electron chi connectivity index (χ3n) is 7.16. The normalized spacial score (nSPS) is 14.7. The van der Waals surface area contributed by atoms with Gasteiger partial charge in [0.2, 0.25) is 0 Å². The zero-order chi connectivity index (χ0) is 29.1. The van der Waals surface area contributed by atoms with Gasteiger partial charge in [0.25, 0.3) is 5.91 Å². The fraction of sp³-hybridized carbons (Fsp3) is 0.300. The van der Waals surface area contributed by atoms with Crippen LogP contribution in [0.1, 0.15) is 32.7 Å². The van der Waals surface area contributed by atoms with Gasteiger partial charge in [-0.2, -0.15) is 5.26 Å². The number of carbonyl (C=O) groups excluding carboxylic acids is 1. The molecule has 1 amide bonds. The lowest BCUT2D eigenvalue weighted by Crippen LogP contribution is -2.41. The number of nitrogens with two attached hydrogens (primary N) is 1. The van der Waals surface area contributed by atoms with E-state index in [9.17, 15) is 20.0 Å². The molecule has 3 N–H and O–H groups in total. The molecule has 0 unspecified atom stereocenters. The van der Waals surface area contributed by atoms with Gasteiger partial charge in [0.1, 0.15) is 35.0 Å². The molecule has 1 aliphatic heterocycles. The number of carbonyl (C=O) groups is 1. The van der Waals surface area contributed by atoms with Crippen LogP contribution in [0.15, 0.2) is 77.4 Å². The Morgan fingerprint density at radius 2 is 1.78 bits per heavy atom. The number of hydrogen-bond acceptors (Lipinski definition) is 8. The van der Waals surface area contributed by atoms with Crippen molar-refractivity contribution in [3.63, 3.8) is 0 Å². The molecule has 210 valence electrons. The van der Waals surface area contributed by atoms with Crippen molar-refractivity contribution in [2.45, 2.75) is 32.7 Å². The number of aliphatic hydroxyl groups is 1. The standard InChI is InChI=1S/C30H31N7O4/c1-30(2,18-38)16-20(17-31)28(39)35-14-12-22(13-15-35)37-27-25(26(32)33-19-34-27)36(29(37)40)21-8-10-24(11-9-21)41-23-6-4-3-5-7-23/h3-11,16,19,22,38H,12-15,18H2,1-2H3,(H2,32,33,34)/b20-16-. The molecule has 11 heteroatoms. The van der Waals surface area contributed by atoms with Gasteiger partial charge in [0, 0.05) is 24.5 Å². The number of amides is 1. The van der Waals surface area contributed by atoms with Gasteiger partial charge < -0.3 is 20.5 Å². The Labute approximate surface area is 236 Å². The number of para-hydroxylation sites is 1. The molecule has 0 aliphatic carbocycles. The van der Waals surface area contributed by atoms with Crippen molar-refractivity contribution in [2.75, 3.05) is 25.4 Å². The van der Waals surface area contributed by atoms with Crippen molar-refractivity contribution < 1.29 is 14.6 Å². The predicted octanol–water partition coefficient (Wildman–Crippen LogP) is 3.59. The van der Waals surface area contributed by atoms with Gasteiger partial charge in [0.15, 0.2) is 11.5 Å². The molecular weight excluding hydrogens is 522 g/mol. The van der Waals surface area contributed by atoms with E-state index < -0.39 is 5.41 Å². The molecule has 1 aliphatic rings. The second-order valence-electron chi connectivity index (χ2n) is 10.7. The molecule has 1 saturated heterocycles. The van der Waals surface area contributed by atoms with Gasteiger partial charge in [-0.15, -0.1) is 0 Å². The summed E-state index contributed by atoms with van der Waals surface area (Å²) in [5.74, 6) is 1.11. The maximum Gasteiger partial charge on any atom is 0.335 e. The van der Waals surface area contributed by atoms with E-state index in [2.05, 4.69) is 9.97 Å². The summed E-state index contributed by atoms with van der Waals surface area (Å²) in [4.78, 5) is 37.1. The van der Waals surface area contributed by atoms with Crippen molar-refractivity contribution >= 4 is 22.9 Å². The maximum atomic E-state index is 13.9. The first-order valence-corrected chi connectivity index (χ1v) is 13.3. The van der Waals surface area contributed by atoms with Crippen LogP contribution in [0.5, 0.6) is 11.5 Å². The molecule has 1 fully saturated rings. The zero-order valence-corrected chi connectivity index (χ0v) is 22.9. The quantitative estimate of drug-likeness (QED) is 0.260. The molecule has 0 bridgehead atoms. The first kappa shape index (κ1) is 27.6. The summed E-state index contributed by atoms with van der Waals surface area (Å²) in [5, 5.41) is 19.1. The number of ether oxygens (including phenoxy) is 1. The molecule has 5 rings (SSSR count). The molecule has 3 heterocycles. The highest BCUT2D eigenvalue weighted by Gasteiger charge is 2.31. The summed E-state index contributed by atoms with van der Waals surface area (Å²) in [6, 6.07) is 18.2. The van der Waals surface area contributed by atoms with E-state index in [1.165, 1.54) is 17.0 Å². The average Bonchev–Trinajstić information content (AvgIpc) is 3.29. The Hall–Kier alpha value is -4.95. The fourth-order valence-corrected chi connectivity index (χ4v) is 5.00. The van der Waals surface area contributed by atoms with Crippen molar-refractivity contribution in [2.24, 2.45) is 5.41 Å². The number of fused-ring (bicyclic) bond motifs is 1. The number of likely N-dealkylation sites (tertiary alicyclic amines) is 1. The Kier molecular flexibility index (Phi) is 7.59. The van der Waals surface area contributed by atoms with Gasteiger partial charge in [-0.05, 0) is 49.2 Å². The third kappa shape index (κ3) is 5.55. The number of aromatic nitrogens is 4. The van der Waals surface area contributed by atoms with Crippen LogP contribution in [0, 0.1) is 16.7 Å². The number of anilines is 1. The lowest BCUT2D eigenvalue weighted by molar-refractivity contribution is -0.128. The topological polar surface area (TPSA) is 152 Å². The Balaban J connectivity index is 1.42. The highest BCUT2D eigenvalue weighted by atomic mass is 16.5. The third-order valence-corrected chi connectivity index (χ3v) is 7.16. The van der Waals surface area contributed by atoms with E-state index in [-0.39, 0.29) is 35.6 Å². The van der Waals surface area contributed by atoms with Gasteiger partial charge in [-0.3, -0.25) is 13.9 Å². The molecule has 0 spiro atoms. The second-order valence-corrected chi connectivity index (χ2v) is 10.7. The minimum absolute atomic E-state index is 0.00326. The number of benzene rings is 2. The van der Waals surface area contributed by atoms with Crippen LogP contribution in [-0.2, 0) is 4.79 Å². The van der Waals surface area contributed by atoms with Crippen molar-refractivity contribution in [3.05, 3.63) is 83.1 Å². The van der Waals surface area contributed by atoms with Crippen LogP contribution in [0.2, 0.25) is 0 Å². The Morgan fingerprint density at radius 3 is 2.41 bits per heavy atom. The largest absolute Gasteiger partial charge is 0.457 e. The van der Waals surface area contributed by atoms with Crippen molar-refractivity contribution in [3.8, 4) is 23.3 Å². The van der Waals surface area contributed by atoms with Crippen LogP contribution < -0.4 is 16.2 Å². The number of aliphatic hydroxyl groups excluding tert-OH is 1. The number of imidazole rings is 1. The minimum Gasteiger partial charge on any atom is -0.457 e. The van der Waals surface area contributed by atoms with Crippen LogP contribution in [0.25, 0.3) is 16.9 Å². The van der Waals surface area contributed by atoms with E-state index in [1.54, 1.807) is 47.6 Å². The average molecular weight is 554 g/mol. The van der Waals surface area contributed by atoms with E-state index in [4.69, 9.17) is 10.5 Å². The Morgan fingerprint density at radius 1 is 1.12 bits per heavy atom. The molecular formula is C30H31N7O4. The van der Waals surface area contributed by atoms with Crippen LogP contribution in [0.3, 0.4) is 0 Å². The molecule has 11 nitrogen and oxygen atoms in total. The van der Waals surface area contributed by atoms with Crippen LogP contribution in [0.4, 0.5) is 5.82 Å². The van der Waals surface area contributed by atoms with Crippen LogP contribution in [-0.4, -0.2) is 54.7 Å².